The Morgan fingerprint density at radius 2 is 2.13 bits per heavy atom. The Bertz CT molecular complexity index is 423. The fourth-order valence-electron chi connectivity index (χ4n) is 1.65. The largest absolute Gasteiger partial charge is 0.386 e. The van der Waals surface area contributed by atoms with Gasteiger partial charge in [0.15, 0.2) is 0 Å². The summed E-state index contributed by atoms with van der Waals surface area (Å²) in [6.45, 7) is 3.25. The number of fused-ring (bicyclic) bond motifs is 1. The molecule has 0 bridgehead atoms. The molecule has 1 aromatic carbocycles. The average Bonchev–Trinajstić information content (AvgIpc) is 2.41. The van der Waals surface area contributed by atoms with Gasteiger partial charge in [0, 0.05) is 5.56 Å². The minimum Gasteiger partial charge on any atom is -0.386 e. The highest BCUT2D eigenvalue weighted by molar-refractivity contribution is 5.97. The molecule has 1 aliphatic rings. The van der Waals surface area contributed by atoms with Crippen molar-refractivity contribution >= 4 is 5.91 Å². The van der Waals surface area contributed by atoms with E-state index in [9.17, 15) is 14.4 Å². The van der Waals surface area contributed by atoms with Crippen molar-refractivity contribution in [3.63, 3.8) is 0 Å². The molecule has 0 unspecified atom stereocenters. The number of benzene rings is 1. The van der Waals surface area contributed by atoms with Crippen molar-refractivity contribution in [2.24, 2.45) is 0 Å². The van der Waals surface area contributed by atoms with Gasteiger partial charge in [-0.1, -0.05) is 16.6 Å². The van der Waals surface area contributed by atoms with E-state index in [4.69, 9.17) is 0 Å². The molecule has 2 rings (SSSR count). The first kappa shape index (κ1) is 10.1. The summed E-state index contributed by atoms with van der Waals surface area (Å²) in [4.78, 5) is 11.3. The lowest BCUT2D eigenvalue weighted by atomic mass is 9.95. The zero-order valence-corrected chi connectivity index (χ0v) is 8.62. The first-order valence-electron chi connectivity index (χ1n) is 4.73. The van der Waals surface area contributed by atoms with E-state index in [0.29, 0.717) is 16.7 Å². The van der Waals surface area contributed by atoms with Gasteiger partial charge in [-0.15, -0.1) is 0 Å². The van der Waals surface area contributed by atoms with Crippen molar-refractivity contribution in [2.75, 3.05) is 0 Å². The highest BCUT2D eigenvalue weighted by Crippen LogP contribution is 2.28. The van der Waals surface area contributed by atoms with Crippen molar-refractivity contribution in [3.8, 4) is 0 Å². The third kappa shape index (κ3) is 1.61. The van der Waals surface area contributed by atoms with Crippen LogP contribution in [-0.2, 0) is 12.1 Å². The SMILES string of the molecule is CC(C)(O)c1ccc2c(c1)C(=O)N(F)C2. The van der Waals surface area contributed by atoms with E-state index in [1.54, 1.807) is 32.0 Å². The highest BCUT2D eigenvalue weighted by atomic mass is 19.2. The second kappa shape index (κ2) is 3.03. The fourth-order valence-corrected chi connectivity index (χ4v) is 1.65. The molecule has 3 nitrogen and oxygen atoms in total. The van der Waals surface area contributed by atoms with E-state index in [1.165, 1.54) is 0 Å². The Morgan fingerprint density at radius 3 is 2.73 bits per heavy atom. The smallest absolute Gasteiger partial charge is 0.282 e. The van der Waals surface area contributed by atoms with Crippen molar-refractivity contribution < 1.29 is 14.4 Å². The van der Waals surface area contributed by atoms with E-state index >= 15 is 0 Å². The van der Waals surface area contributed by atoms with Gasteiger partial charge in [-0.3, -0.25) is 4.79 Å². The van der Waals surface area contributed by atoms with Crippen molar-refractivity contribution in [1.82, 2.24) is 5.12 Å². The first-order valence-corrected chi connectivity index (χ1v) is 4.73. The molecular formula is C11H12FNO2. The summed E-state index contributed by atoms with van der Waals surface area (Å²) in [5, 5.41) is 9.93. The lowest BCUT2D eigenvalue weighted by Gasteiger charge is -2.18. The zero-order valence-electron chi connectivity index (χ0n) is 8.62. The van der Waals surface area contributed by atoms with Crippen LogP contribution in [0, 0.1) is 0 Å². The van der Waals surface area contributed by atoms with Gasteiger partial charge in [0.1, 0.15) is 0 Å². The summed E-state index contributed by atoms with van der Waals surface area (Å²) in [5.74, 6) is -0.629. The van der Waals surface area contributed by atoms with Crippen LogP contribution in [0.2, 0.25) is 0 Å². The number of aliphatic hydroxyl groups is 1. The zero-order chi connectivity index (χ0) is 11.2. The van der Waals surface area contributed by atoms with Crippen LogP contribution in [0.4, 0.5) is 4.48 Å². The molecule has 80 valence electrons. The molecule has 0 saturated carbocycles. The predicted octanol–water partition coefficient (Wildman–Crippen LogP) is 1.75. The Morgan fingerprint density at radius 1 is 1.47 bits per heavy atom. The van der Waals surface area contributed by atoms with E-state index < -0.39 is 11.5 Å². The van der Waals surface area contributed by atoms with Crippen LogP contribution in [0.25, 0.3) is 0 Å². The van der Waals surface area contributed by atoms with Gasteiger partial charge in [-0.2, -0.15) is 5.12 Å². The molecule has 0 radical (unpaired) electrons. The average molecular weight is 209 g/mol. The van der Waals surface area contributed by atoms with Crippen LogP contribution in [0.3, 0.4) is 0 Å². The standard InChI is InChI=1S/C11H12FNO2/c1-11(2,15)8-4-3-7-6-13(12)10(14)9(7)5-8/h3-5,15H,6H2,1-2H3. The van der Waals surface area contributed by atoms with Gasteiger partial charge in [0.2, 0.25) is 0 Å². The molecule has 4 heteroatoms. The summed E-state index contributed by atoms with van der Waals surface area (Å²) >= 11 is 0. The van der Waals surface area contributed by atoms with Gasteiger partial charge in [0.25, 0.3) is 5.91 Å². The second-order valence-electron chi connectivity index (χ2n) is 4.26. The van der Waals surface area contributed by atoms with E-state index in [1.807, 2.05) is 0 Å². The Hall–Kier alpha value is -1.42. The van der Waals surface area contributed by atoms with Crippen LogP contribution >= 0.6 is 0 Å². The summed E-state index contributed by atoms with van der Waals surface area (Å²) < 4.78 is 13.0. The minimum atomic E-state index is -1.01. The fraction of sp³-hybridized carbons (Fsp3) is 0.364. The molecular weight excluding hydrogens is 197 g/mol. The molecule has 15 heavy (non-hydrogen) atoms. The molecule has 0 spiro atoms. The third-order valence-electron chi connectivity index (χ3n) is 2.58. The number of hydrogen-bond acceptors (Lipinski definition) is 2. The number of halogens is 1. The van der Waals surface area contributed by atoms with Gasteiger partial charge in [-0.25, -0.2) is 0 Å². The summed E-state index contributed by atoms with van der Waals surface area (Å²) in [7, 11) is 0. The third-order valence-corrected chi connectivity index (χ3v) is 2.58. The maximum absolute atomic E-state index is 13.0. The normalized spacial score (nSPS) is 15.7. The van der Waals surface area contributed by atoms with Crippen LogP contribution in [0.5, 0.6) is 0 Å². The van der Waals surface area contributed by atoms with Crippen molar-refractivity contribution in [1.29, 1.82) is 0 Å². The van der Waals surface area contributed by atoms with Gasteiger partial charge < -0.3 is 5.11 Å². The highest BCUT2D eigenvalue weighted by Gasteiger charge is 2.29. The predicted molar refractivity (Wildman–Crippen MR) is 52.7 cm³/mol. The van der Waals surface area contributed by atoms with Crippen molar-refractivity contribution in [3.05, 3.63) is 34.9 Å². The number of amides is 1. The lowest BCUT2D eigenvalue weighted by Crippen LogP contribution is -2.16. The molecule has 1 aromatic rings. The maximum atomic E-state index is 13.0. The Balaban J connectivity index is 2.49. The quantitative estimate of drug-likeness (QED) is 0.716. The number of carbonyl (C=O) groups is 1. The Labute approximate surface area is 87.1 Å². The second-order valence-corrected chi connectivity index (χ2v) is 4.26. The first-order chi connectivity index (χ1) is 6.89. The number of rotatable bonds is 1. The number of nitrogens with zero attached hydrogens (tertiary/aromatic N) is 1. The Kier molecular flexibility index (Phi) is 2.04. The van der Waals surface area contributed by atoms with Gasteiger partial charge in [0.05, 0.1) is 12.1 Å². The molecule has 1 amide bonds. The topological polar surface area (TPSA) is 40.5 Å². The van der Waals surface area contributed by atoms with Crippen LogP contribution in [-0.4, -0.2) is 16.1 Å². The molecule has 0 aliphatic carbocycles. The number of hydrogen-bond donors (Lipinski definition) is 1. The number of carbonyl (C=O) groups excluding carboxylic acids is 1. The summed E-state index contributed by atoms with van der Waals surface area (Å²) in [5.41, 5.74) is 0.608. The van der Waals surface area contributed by atoms with Crippen LogP contribution in [0.15, 0.2) is 18.2 Å². The minimum absolute atomic E-state index is 0.000301. The molecule has 0 aromatic heterocycles. The monoisotopic (exact) mass is 209 g/mol. The van der Waals surface area contributed by atoms with Gasteiger partial charge >= 0.3 is 0 Å². The van der Waals surface area contributed by atoms with E-state index in [0.717, 1.165) is 0 Å². The molecule has 0 saturated heterocycles. The molecule has 1 N–H and O–H groups in total. The maximum Gasteiger partial charge on any atom is 0.282 e. The lowest BCUT2D eigenvalue weighted by molar-refractivity contribution is 0.0220. The molecule has 1 heterocycles. The van der Waals surface area contributed by atoms with Crippen LogP contribution < -0.4 is 0 Å². The van der Waals surface area contributed by atoms with Crippen LogP contribution in [0.1, 0.15) is 35.3 Å². The van der Waals surface area contributed by atoms with Crippen molar-refractivity contribution in [2.45, 2.75) is 26.0 Å². The van der Waals surface area contributed by atoms with E-state index in [2.05, 4.69) is 0 Å². The molecule has 0 atom stereocenters. The summed E-state index contributed by atoms with van der Waals surface area (Å²) in [6, 6.07) is 4.95. The summed E-state index contributed by atoms with van der Waals surface area (Å²) in [6.07, 6.45) is 0. The molecule has 1 aliphatic heterocycles. The van der Waals surface area contributed by atoms with E-state index in [-0.39, 0.29) is 11.7 Å². The van der Waals surface area contributed by atoms with Gasteiger partial charge in [-0.05, 0) is 31.0 Å². The molecule has 0 fully saturated rings.